The number of ether oxygens (including phenoxy) is 1. The Balaban J connectivity index is 2.10. The zero-order valence-corrected chi connectivity index (χ0v) is 10.6. The molecule has 1 aliphatic carbocycles. The van der Waals surface area contributed by atoms with Crippen molar-refractivity contribution in [2.45, 2.75) is 38.1 Å². The molecular formula is C13H18N4O. The summed E-state index contributed by atoms with van der Waals surface area (Å²) < 4.78 is 7.26. The van der Waals surface area contributed by atoms with Crippen molar-refractivity contribution >= 4 is 17.1 Å². The van der Waals surface area contributed by atoms with Crippen molar-refractivity contribution in [3.05, 3.63) is 12.1 Å². The van der Waals surface area contributed by atoms with Gasteiger partial charge in [-0.3, -0.25) is 4.57 Å². The summed E-state index contributed by atoms with van der Waals surface area (Å²) in [5.41, 5.74) is 7.74. The van der Waals surface area contributed by atoms with E-state index in [1.165, 1.54) is 19.3 Å². The van der Waals surface area contributed by atoms with Crippen molar-refractivity contribution < 1.29 is 4.74 Å². The first kappa shape index (κ1) is 11.3. The second kappa shape index (κ2) is 4.48. The van der Waals surface area contributed by atoms with Gasteiger partial charge in [-0.05, 0) is 18.9 Å². The molecule has 2 heterocycles. The summed E-state index contributed by atoms with van der Waals surface area (Å²) in [6.45, 7) is 0. The molecule has 2 aromatic heterocycles. The topological polar surface area (TPSA) is 66.0 Å². The number of rotatable bonds is 2. The van der Waals surface area contributed by atoms with Gasteiger partial charge < -0.3 is 10.5 Å². The zero-order valence-electron chi connectivity index (χ0n) is 10.6. The van der Waals surface area contributed by atoms with Crippen molar-refractivity contribution in [2.75, 3.05) is 12.8 Å². The Morgan fingerprint density at radius 1 is 1.22 bits per heavy atom. The maximum Gasteiger partial charge on any atom is 0.215 e. The Morgan fingerprint density at radius 3 is 2.72 bits per heavy atom. The SMILES string of the molecule is COc1ccc2nc(N)n(C3CCCCC3)c2n1. The van der Waals surface area contributed by atoms with E-state index in [0.29, 0.717) is 17.9 Å². The summed E-state index contributed by atoms with van der Waals surface area (Å²) in [4.78, 5) is 8.87. The molecule has 2 N–H and O–H groups in total. The predicted molar refractivity (Wildman–Crippen MR) is 70.6 cm³/mol. The fraction of sp³-hybridized carbons (Fsp3) is 0.538. The molecule has 0 unspecified atom stereocenters. The Morgan fingerprint density at radius 2 is 2.00 bits per heavy atom. The van der Waals surface area contributed by atoms with E-state index in [-0.39, 0.29) is 0 Å². The maximum atomic E-state index is 6.05. The van der Waals surface area contributed by atoms with Crippen LogP contribution in [0.4, 0.5) is 5.95 Å². The van der Waals surface area contributed by atoms with Gasteiger partial charge in [0.2, 0.25) is 11.8 Å². The number of hydrogen-bond acceptors (Lipinski definition) is 4. The Kier molecular flexibility index (Phi) is 2.81. The number of nitrogens with zero attached hydrogens (tertiary/aromatic N) is 3. The summed E-state index contributed by atoms with van der Waals surface area (Å²) in [5.74, 6) is 1.18. The van der Waals surface area contributed by atoms with Crippen molar-refractivity contribution in [1.29, 1.82) is 0 Å². The molecule has 0 saturated heterocycles. The summed E-state index contributed by atoms with van der Waals surface area (Å²) >= 11 is 0. The summed E-state index contributed by atoms with van der Waals surface area (Å²) in [6.07, 6.45) is 6.16. The van der Waals surface area contributed by atoms with Gasteiger partial charge in [0, 0.05) is 12.1 Å². The number of imidazole rings is 1. The number of nitrogens with two attached hydrogens (primary N) is 1. The standard InChI is InChI=1S/C13H18N4O/c1-18-11-8-7-10-12(16-11)17(13(14)15-10)9-5-3-2-4-6-9/h7-9H,2-6H2,1H3,(H2,14,15). The summed E-state index contributed by atoms with van der Waals surface area (Å²) in [6, 6.07) is 4.17. The zero-order chi connectivity index (χ0) is 12.5. The van der Waals surface area contributed by atoms with Crippen LogP contribution in [0.3, 0.4) is 0 Å². The van der Waals surface area contributed by atoms with Crippen molar-refractivity contribution in [1.82, 2.24) is 14.5 Å². The molecule has 0 atom stereocenters. The fourth-order valence-electron chi connectivity index (χ4n) is 2.79. The minimum atomic E-state index is 0.434. The molecule has 0 bridgehead atoms. The predicted octanol–water partition coefficient (Wildman–Crippen LogP) is 2.53. The minimum absolute atomic E-state index is 0.434. The van der Waals surface area contributed by atoms with Gasteiger partial charge in [0.15, 0.2) is 5.65 Å². The second-order valence-electron chi connectivity index (χ2n) is 4.83. The van der Waals surface area contributed by atoms with Gasteiger partial charge in [0.05, 0.1) is 7.11 Å². The summed E-state index contributed by atoms with van der Waals surface area (Å²) in [7, 11) is 1.62. The Bertz CT molecular complexity index is 557. The molecule has 0 amide bonds. The highest BCUT2D eigenvalue weighted by Crippen LogP contribution is 2.33. The molecule has 1 fully saturated rings. The molecule has 2 aromatic rings. The van der Waals surface area contributed by atoms with E-state index >= 15 is 0 Å². The van der Waals surface area contributed by atoms with Gasteiger partial charge in [-0.1, -0.05) is 19.3 Å². The van der Waals surface area contributed by atoms with Gasteiger partial charge in [0.25, 0.3) is 0 Å². The largest absolute Gasteiger partial charge is 0.481 e. The molecule has 96 valence electrons. The highest BCUT2D eigenvalue weighted by molar-refractivity contribution is 5.75. The molecule has 0 aliphatic heterocycles. The maximum absolute atomic E-state index is 6.05. The van der Waals surface area contributed by atoms with Crippen molar-refractivity contribution in [3.8, 4) is 5.88 Å². The van der Waals surface area contributed by atoms with Gasteiger partial charge in [-0.25, -0.2) is 4.98 Å². The fourth-order valence-corrected chi connectivity index (χ4v) is 2.79. The van der Waals surface area contributed by atoms with E-state index in [1.54, 1.807) is 7.11 Å². The first-order valence-electron chi connectivity index (χ1n) is 6.48. The number of aromatic nitrogens is 3. The van der Waals surface area contributed by atoms with Crippen LogP contribution in [-0.2, 0) is 0 Å². The normalized spacial score (nSPS) is 17.2. The Hall–Kier alpha value is -1.78. The van der Waals surface area contributed by atoms with Crippen molar-refractivity contribution in [3.63, 3.8) is 0 Å². The van der Waals surface area contributed by atoms with Crippen molar-refractivity contribution in [2.24, 2.45) is 0 Å². The molecular weight excluding hydrogens is 228 g/mol. The first-order chi connectivity index (χ1) is 8.79. The Labute approximate surface area is 106 Å². The molecule has 1 aliphatic rings. The van der Waals surface area contributed by atoms with Gasteiger partial charge >= 0.3 is 0 Å². The van der Waals surface area contributed by atoms with E-state index in [1.807, 2.05) is 12.1 Å². The molecule has 0 spiro atoms. The molecule has 5 nitrogen and oxygen atoms in total. The van der Waals surface area contributed by atoms with Crippen LogP contribution in [0.15, 0.2) is 12.1 Å². The van der Waals surface area contributed by atoms with Crippen LogP contribution in [-0.4, -0.2) is 21.6 Å². The van der Waals surface area contributed by atoms with Gasteiger partial charge in [0.1, 0.15) is 5.52 Å². The van der Waals surface area contributed by atoms with Gasteiger partial charge in [-0.15, -0.1) is 0 Å². The number of nitrogen functional groups attached to an aromatic ring is 1. The molecule has 0 aromatic carbocycles. The molecule has 3 rings (SSSR count). The smallest absolute Gasteiger partial charge is 0.215 e. The van der Waals surface area contributed by atoms with Crippen LogP contribution in [0.2, 0.25) is 0 Å². The van der Waals surface area contributed by atoms with Crippen LogP contribution in [0, 0.1) is 0 Å². The molecule has 0 radical (unpaired) electrons. The minimum Gasteiger partial charge on any atom is -0.481 e. The first-order valence-corrected chi connectivity index (χ1v) is 6.48. The lowest BCUT2D eigenvalue weighted by atomic mass is 9.95. The van der Waals surface area contributed by atoms with Crippen LogP contribution in [0.1, 0.15) is 38.1 Å². The average Bonchev–Trinajstić information content (AvgIpc) is 2.74. The van der Waals surface area contributed by atoms with E-state index in [2.05, 4.69) is 14.5 Å². The number of anilines is 1. The lowest BCUT2D eigenvalue weighted by Gasteiger charge is -2.24. The van der Waals surface area contributed by atoms with Crippen LogP contribution in [0.5, 0.6) is 5.88 Å². The van der Waals surface area contributed by atoms with E-state index in [0.717, 1.165) is 24.0 Å². The number of pyridine rings is 1. The van der Waals surface area contributed by atoms with Crippen LogP contribution >= 0.6 is 0 Å². The van der Waals surface area contributed by atoms with Crippen LogP contribution < -0.4 is 10.5 Å². The van der Waals surface area contributed by atoms with E-state index in [4.69, 9.17) is 10.5 Å². The number of fused-ring (bicyclic) bond motifs is 1. The molecule has 5 heteroatoms. The highest BCUT2D eigenvalue weighted by atomic mass is 16.5. The summed E-state index contributed by atoms with van der Waals surface area (Å²) in [5, 5.41) is 0. The third kappa shape index (κ3) is 1.79. The second-order valence-corrected chi connectivity index (χ2v) is 4.83. The van der Waals surface area contributed by atoms with E-state index in [9.17, 15) is 0 Å². The van der Waals surface area contributed by atoms with Crippen LogP contribution in [0.25, 0.3) is 11.2 Å². The third-order valence-corrected chi connectivity index (χ3v) is 3.69. The third-order valence-electron chi connectivity index (χ3n) is 3.69. The van der Waals surface area contributed by atoms with Gasteiger partial charge in [-0.2, -0.15) is 4.98 Å². The molecule has 18 heavy (non-hydrogen) atoms. The van der Waals surface area contributed by atoms with E-state index < -0.39 is 0 Å². The average molecular weight is 246 g/mol. The number of hydrogen-bond donors (Lipinski definition) is 1. The quantitative estimate of drug-likeness (QED) is 0.884. The number of methoxy groups -OCH3 is 1. The monoisotopic (exact) mass is 246 g/mol. The highest BCUT2D eigenvalue weighted by Gasteiger charge is 2.21. The lowest BCUT2D eigenvalue weighted by molar-refractivity contribution is 0.360. The lowest BCUT2D eigenvalue weighted by Crippen LogP contribution is -2.15. The molecule has 1 saturated carbocycles.